The first-order valence-corrected chi connectivity index (χ1v) is 10.1. The third-order valence-corrected chi connectivity index (χ3v) is 5.58. The van der Waals surface area contributed by atoms with Gasteiger partial charge < -0.3 is 5.32 Å². The van der Waals surface area contributed by atoms with Crippen molar-refractivity contribution in [2.24, 2.45) is 0 Å². The topological polar surface area (TPSA) is 54.9 Å². The Bertz CT molecular complexity index is 1310. The van der Waals surface area contributed by atoms with Crippen molar-refractivity contribution < 1.29 is 18.0 Å². The van der Waals surface area contributed by atoms with Gasteiger partial charge in [-0.2, -0.15) is 13.2 Å². The first-order chi connectivity index (χ1) is 15.2. The van der Waals surface area contributed by atoms with E-state index in [1.165, 1.54) is 30.5 Å². The van der Waals surface area contributed by atoms with E-state index in [-0.39, 0.29) is 21.3 Å². The van der Waals surface area contributed by atoms with Crippen LogP contribution < -0.4 is 5.32 Å². The van der Waals surface area contributed by atoms with E-state index in [1.54, 1.807) is 30.5 Å². The average molecular weight is 476 g/mol. The number of nitrogens with one attached hydrogen (secondary N) is 1. The molecule has 2 aromatic heterocycles. The van der Waals surface area contributed by atoms with E-state index in [0.29, 0.717) is 11.1 Å². The summed E-state index contributed by atoms with van der Waals surface area (Å²) in [6, 6.07) is 13.7. The summed E-state index contributed by atoms with van der Waals surface area (Å²) in [5.41, 5.74) is -0.191. The van der Waals surface area contributed by atoms with Crippen molar-refractivity contribution in [2.75, 3.05) is 0 Å². The zero-order valence-electron chi connectivity index (χ0n) is 16.2. The molecule has 9 heteroatoms. The van der Waals surface area contributed by atoms with Gasteiger partial charge in [-0.1, -0.05) is 41.4 Å². The number of alkyl halides is 3. The van der Waals surface area contributed by atoms with Crippen molar-refractivity contribution >= 4 is 40.0 Å². The molecule has 32 heavy (non-hydrogen) atoms. The molecule has 0 fully saturated rings. The van der Waals surface area contributed by atoms with Crippen LogP contribution in [0.1, 0.15) is 33.2 Å². The number of hydrogen-bond acceptors (Lipinski definition) is 3. The monoisotopic (exact) mass is 475 g/mol. The molecular weight excluding hydrogens is 462 g/mol. The number of benzene rings is 2. The number of nitrogens with zero attached hydrogens (tertiary/aromatic N) is 2. The summed E-state index contributed by atoms with van der Waals surface area (Å²) in [7, 11) is 0. The Balaban J connectivity index is 1.79. The van der Waals surface area contributed by atoms with Crippen molar-refractivity contribution in [3.63, 3.8) is 0 Å². The van der Waals surface area contributed by atoms with Crippen LogP contribution in [-0.2, 0) is 6.18 Å². The molecule has 4 nitrogen and oxygen atoms in total. The van der Waals surface area contributed by atoms with Crippen LogP contribution in [-0.4, -0.2) is 15.9 Å². The largest absolute Gasteiger partial charge is 0.418 e. The zero-order valence-corrected chi connectivity index (χ0v) is 17.7. The molecule has 2 aromatic carbocycles. The molecule has 0 spiro atoms. The van der Waals surface area contributed by atoms with E-state index in [2.05, 4.69) is 15.3 Å². The Morgan fingerprint density at radius 1 is 0.906 bits per heavy atom. The zero-order chi connectivity index (χ0) is 22.9. The number of halogens is 5. The maximum Gasteiger partial charge on any atom is 0.418 e. The van der Waals surface area contributed by atoms with E-state index < -0.39 is 23.7 Å². The summed E-state index contributed by atoms with van der Waals surface area (Å²) in [5, 5.41) is 3.86. The van der Waals surface area contributed by atoms with Gasteiger partial charge in [0.05, 0.1) is 32.9 Å². The number of carbonyl (C=O) groups is 1. The minimum atomic E-state index is -4.67. The molecule has 1 atom stereocenters. The maximum absolute atomic E-state index is 13.7. The van der Waals surface area contributed by atoms with Crippen LogP contribution in [0.4, 0.5) is 13.2 Å². The Morgan fingerprint density at radius 2 is 1.66 bits per heavy atom. The van der Waals surface area contributed by atoms with Crippen molar-refractivity contribution in [3.8, 4) is 0 Å². The molecule has 4 rings (SSSR count). The number of carbonyl (C=O) groups excluding carboxylic acids is 1. The summed E-state index contributed by atoms with van der Waals surface area (Å²) < 4.78 is 41.1. The van der Waals surface area contributed by atoms with Crippen LogP contribution in [0, 0.1) is 0 Å². The number of pyridine rings is 2. The summed E-state index contributed by atoms with van der Waals surface area (Å²) in [6.07, 6.45) is -1.84. The van der Waals surface area contributed by atoms with E-state index in [9.17, 15) is 18.0 Å². The molecule has 0 aliphatic carbocycles. The Labute approximate surface area is 191 Å². The lowest BCUT2D eigenvalue weighted by atomic mass is 9.98. The van der Waals surface area contributed by atoms with Gasteiger partial charge in [-0.3, -0.25) is 14.8 Å². The van der Waals surface area contributed by atoms with Gasteiger partial charge in [-0.25, -0.2) is 0 Å². The first-order valence-electron chi connectivity index (χ1n) is 9.37. The quantitative estimate of drug-likeness (QED) is 0.367. The molecule has 0 saturated heterocycles. The molecule has 1 unspecified atom stereocenters. The molecule has 162 valence electrons. The van der Waals surface area contributed by atoms with E-state index >= 15 is 0 Å². The summed E-state index contributed by atoms with van der Waals surface area (Å²) >= 11 is 12.1. The van der Waals surface area contributed by atoms with Gasteiger partial charge in [0.2, 0.25) is 0 Å². The second-order valence-electron chi connectivity index (χ2n) is 6.92. The van der Waals surface area contributed by atoms with Gasteiger partial charge in [-0.05, 0) is 48.0 Å². The molecule has 0 aliphatic heterocycles. The molecule has 2 heterocycles. The molecule has 1 N–H and O–H groups in total. The lowest BCUT2D eigenvalue weighted by Crippen LogP contribution is -2.31. The van der Waals surface area contributed by atoms with E-state index in [0.717, 1.165) is 11.5 Å². The summed E-state index contributed by atoms with van der Waals surface area (Å²) in [5.74, 6) is -0.590. The highest BCUT2D eigenvalue weighted by molar-refractivity contribution is 6.42. The average Bonchev–Trinajstić information content (AvgIpc) is 2.78. The van der Waals surface area contributed by atoms with Crippen LogP contribution in [0.2, 0.25) is 10.0 Å². The fourth-order valence-corrected chi connectivity index (χ4v) is 3.62. The first kappa shape index (κ1) is 22.0. The highest BCUT2D eigenvalue weighted by Crippen LogP contribution is 2.36. The fourth-order valence-electron chi connectivity index (χ4n) is 3.31. The lowest BCUT2D eigenvalue weighted by molar-refractivity contribution is -0.138. The van der Waals surface area contributed by atoms with Gasteiger partial charge in [0.15, 0.2) is 0 Å². The lowest BCUT2D eigenvalue weighted by Gasteiger charge is -2.23. The minimum Gasteiger partial charge on any atom is -0.340 e. The molecule has 4 aromatic rings. The second kappa shape index (κ2) is 8.76. The maximum atomic E-state index is 13.7. The van der Waals surface area contributed by atoms with E-state index in [4.69, 9.17) is 23.2 Å². The Hall–Kier alpha value is -3.16. The van der Waals surface area contributed by atoms with Crippen LogP contribution in [0.3, 0.4) is 0 Å². The SMILES string of the molecule is O=C(NC(c1ccc(Cl)c(Cl)c1)c1ncccc1C(F)(F)F)c1ccc2cccnc2c1. The van der Waals surface area contributed by atoms with Gasteiger partial charge in [-0.15, -0.1) is 0 Å². The minimum absolute atomic E-state index is 0.141. The van der Waals surface area contributed by atoms with Crippen LogP contribution in [0.15, 0.2) is 73.1 Å². The number of aromatic nitrogens is 2. The number of fused-ring (bicyclic) bond motifs is 1. The van der Waals surface area contributed by atoms with Crippen molar-refractivity contribution in [1.29, 1.82) is 0 Å². The molecule has 1 amide bonds. The predicted molar refractivity (Wildman–Crippen MR) is 117 cm³/mol. The molecule has 0 saturated carbocycles. The number of amides is 1. The van der Waals surface area contributed by atoms with Crippen molar-refractivity contribution in [1.82, 2.24) is 15.3 Å². The van der Waals surface area contributed by atoms with Crippen LogP contribution in [0.25, 0.3) is 10.9 Å². The second-order valence-corrected chi connectivity index (χ2v) is 7.74. The molecule has 0 aliphatic rings. The Kier molecular flexibility index (Phi) is 6.04. The van der Waals surface area contributed by atoms with Gasteiger partial charge >= 0.3 is 6.18 Å². The number of rotatable bonds is 4. The third kappa shape index (κ3) is 4.54. The molecule has 0 radical (unpaired) electrons. The van der Waals surface area contributed by atoms with Crippen molar-refractivity contribution in [2.45, 2.75) is 12.2 Å². The van der Waals surface area contributed by atoms with E-state index in [1.807, 2.05) is 6.07 Å². The van der Waals surface area contributed by atoms with Crippen LogP contribution >= 0.6 is 23.2 Å². The smallest absolute Gasteiger partial charge is 0.340 e. The van der Waals surface area contributed by atoms with Gasteiger partial charge in [0.1, 0.15) is 0 Å². The van der Waals surface area contributed by atoms with Crippen LogP contribution in [0.5, 0.6) is 0 Å². The van der Waals surface area contributed by atoms with Gasteiger partial charge in [0, 0.05) is 23.3 Å². The highest BCUT2D eigenvalue weighted by atomic mass is 35.5. The highest BCUT2D eigenvalue weighted by Gasteiger charge is 2.37. The Morgan fingerprint density at radius 3 is 2.41 bits per heavy atom. The van der Waals surface area contributed by atoms with Crippen molar-refractivity contribution in [3.05, 3.63) is 105 Å². The van der Waals surface area contributed by atoms with Gasteiger partial charge in [0.25, 0.3) is 5.91 Å². The molecule has 0 bridgehead atoms. The fraction of sp³-hybridized carbons (Fsp3) is 0.0870. The summed E-state index contributed by atoms with van der Waals surface area (Å²) in [4.78, 5) is 21.2. The predicted octanol–water partition coefficient (Wildman–Crippen LogP) is 6.47. The standard InChI is InChI=1S/C23H14Cl2F3N3O/c24-17-8-7-14(11-18(17)25)20(21-16(23(26,27)28)4-2-10-30-21)31-22(32)15-6-5-13-3-1-9-29-19(13)12-15/h1-12,20H,(H,31,32). The third-order valence-electron chi connectivity index (χ3n) is 4.84. The number of hydrogen-bond donors (Lipinski definition) is 1. The molecular formula is C23H14Cl2F3N3O. The normalized spacial score (nSPS) is 12.5. The summed E-state index contributed by atoms with van der Waals surface area (Å²) in [6.45, 7) is 0.